The van der Waals surface area contributed by atoms with E-state index in [1.165, 1.54) is 73.6 Å². The van der Waals surface area contributed by atoms with Gasteiger partial charge in [0.05, 0.1) is 0 Å². The van der Waals surface area contributed by atoms with Gasteiger partial charge in [0, 0.05) is 0 Å². The van der Waals surface area contributed by atoms with Crippen LogP contribution in [0.15, 0.2) is 48.5 Å². The highest BCUT2D eigenvalue weighted by Gasteiger charge is 2.06. The van der Waals surface area contributed by atoms with Crippen LogP contribution in [-0.4, -0.2) is 0 Å². The summed E-state index contributed by atoms with van der Waals surface area (Å²) < 4.78 is 0. The lowest BCUT2D eigenvalue weighted by molar-refractivity contribution is 0.712. The van der Waals surface area contributed by atoms with Crippen molar-refractivity contribution in [2.75, 3.05) is 0 Å². The van der Waals surface area contributed by atoms with Crippen molar-refractivity contribution >= 4 is 0 Å². The van der Waals surface area contributed by atoms with Crippen LogP contribution in [0.1, 0.15) is 63.5 Å². The maximum Gasteiger partial charge on any atom is -0.0149 e. The molecule has 2 aromatic carbocycles. The predicted molar refractivity (Wildman–Crippen MR) is 98.3 cm³/mol. The summed E-state index contributed by atoms with van der Waals surface area (Å²) in [6.07, 6.45) is 10.3. The molecule has 0 atom stereocenters. The summed E-state index contributed by atoms with van der Waals surface area (Å²) in [4.78, 5) is 0. The third kappa shape index (κ3) is 5.02. The summed E-state index contributed by atoms with van der Waals surface area (Å²) in [5, 5.41) is 0. The van der Waals surface area contributed by atoms with Crippen LogP contribution < -0.4 is 0 Å². The molecule has 0 spiro atoms. The van der Waals surface area contributed by atoms with E-state index in [2.05, 4.69) is 62.4 Å². The predicted octanol–water partition coefficient (Wildman–Crippen LogP) is 6.82. The second-order valence-corrected chi connectivity index (χ2v) is 6.27. The maximum absolute atomic E-state index is 2.44. The molecular formula is C22H30. The minimum absolute atomic E-state index is 1.20. The Morgan fingerprint density at radius 1 is 0.682 bits per heavy atom. The Kier molecular flexibility index (Phi) is 7.22. The molecule has 118 valence electrons. The monoisotopic (exact) mass is 294 g/mol. The van der Waals surface area contributed by atoms with Gasteiger partial charge in [-0.1, -0.05) is 88.1 Å². The van der Waals surface area contributed by atoms with Gasteiger partial charge in [0.1, 0.15) is 0 Å². The van der Waals surface area contributed by atoms with Gasteiger partial charge < -0.3 is 0 Å². The summed E-state index contributed by atoms with van der Waals surface area (Å²) in [7, 11) is 0. The molecule has 2 rings (SSSR count). The molecule has 0 nitrogen and oxygen atoms in total. The number of hydrogen-bond acceptors (Lipinski definition) is 0. The van der Waals surface area contributed by atoms with Crippen molar-refractivity contribution in [3.8, 4) is 11.1 Å². The third-order valence-corrected chi connectivity index (χ3v) is 4.38. The molecule has 0 unspecified atom stereocenters. The molecule has 0 aliphatic rings. The summed E-state index contributed by atoms with van der Waals surface area (Å²) in [5.41, 5.74) is 5.82. The lowest BCUT2D eigenvalue weighted by Gasteiger charge is -2.12. The van der Waals surface area contributed by atoms with Crippen molar-refractivity contribution in [3.63, 3.8) is 0 Å². The summed E-state index contributed by atoms with van der Waals surface area (Å²) in [6, 6.07) is 18.0. The largest absolute Gasteiger partial charge is 0.0654 e. The lowest BCUT2D eigenvalue weighted by Crippen LogP contribution is -1.94. The maximum atomic E-state index is 2.44. The number of rotatable bonds is 9. The third-order valence-electron chi connectivity index (χ3n) is 4.38. The van der Waals surface area contributed by atoms with Crippen molar-refractivity contribution in [3.05, 3.63) is 59.7 Å². The standard InChI is InChI=1S/C22H30/c1-3-5-8-12-19-16-17-21(13-9-6-4-2)22(18-19)20-14-10-7-11-15-20/h7,10-11,14-18H,3-6,8-9,12-13H2,1-2H3. The van der Waals surface area contributed by atoms with E-state index in [1.54, 1.807) is 0 Å². The smallest absolute Gasteiger partial charge is 0.0149 e. The Morgan fingerprint density at radius 2 is 1.36 bits per heavy atom. The zero-order chi connectivity index (χ0) is 15.6. The Bertz CT molecular complexity index is 539. The van der Waals surface area contributed by atoms with Gasteiger partial charge in [0.2, 0.25) is 0 Å². The first-order chi connectivity index (χ1) is 10.8. The number of aryl methyl sites for hydroxylation is 2. The SMILES string of the molecule is CCCCCc1ccc(CCCCC)c(-c2ccccc2)c1. The fraction of sp³-hybridized carbons (Fsp3) is 0.455. The van der Waals surface area contributed by atoms with Gasteiger partial charge >= 0.3 is 0 Å². The molecular weight excluding hydrogens is 264 g/mol. The zero-order valence-electron chi connectivity index (χ0n) is 14.3. The topological polar surface area (TPSA) is 0 Å². The van der Waals surface area contributed by atoms with Gasteiger partial charge in [-0.15, -0.1) is 0 Å². The fourth-order valence-electron chi connectivity index (χ4n) is 3.03. The first-order valence-electron chi connectivity index (χ1n) is 9.02. The van der Waals surface area contributed by atoms with Gasteiger partial charge in [-0.3, -0.25) is 0 Å². The van der Waals surface area contributed by atoms with Crippen molar-refractivity contribution in [2.24, 2.45) is 0 Å². The van der Waals surface area contributed by atoms with Crippen LogP contribution in [0.4, 0.5) is 0 Å². The van der Waals surface area contributed by atoms with Crippen LogP contribution in [0.5, 0.6) is 0 Å². The van der Waals surface area contributed by atoms with Crippen LogP contribution >= 0.6 is 0 Å². The Labute approximate surface area is 136 Å². The molecule has 0 heteroatoms. The van der Waals surface area contributed by atoms with Crippen molar-refractivity contribution < 1.29 is 0 Å². The van der Waals surface area contributed by atoms with E-state index in [1.807, 2.05) is 0 Å². The molecule has 0 radical (unpaired) electrons. The quantitative estimate of drug-likeness (QED) is 0.445. The summed E-state index contributed by atoms with van der Waals surface area (Å²) >= 11 is 0. The Hall–Kier alpha value is -1.56. The van der Waals surface area contributed by atoms with Crippen LogP contribution in [0.25, 0.3) is 11.1 Å². The Balaban J connectivity index is 2.21. The average Bonchev–Trinajstić information content (AvgIpc) is 2.57. The summed E-state index contributed by atoms with van der Waals surface area (Å²) in [6.45, 7) is 4.54. The highest BCUT2D eigenvalue weighted by atomic mass is 14.1. The van der Waals surface area contributed by atoms with E-state index < -0.39 is 0 Å². The molecule has 0 amide bonds. The zero-order valence-corrected chi connectivity index (χ0v) is 14.3. The average molecular weight is 294 g/mol. The molecule has 0 fully saturated rings. The minimum atomic E-state index is 1.20. The van der Waals surface area contributed by atoms with Crippen LogP contribution in [0.3, 0.4) is 0 Å². The minimum Gasteiger partial charge on any atom is -0.0654 e. The second kappa shape index (κ2) is 9.46. The molecule has 0 saturated heterocycles. The van der Waals surface area contributed by atoms with E-state index in [0.29, 0.717) is 0 Å². The van der Waals surface area contributed by atoms with Crippen molar-refractivity contribution in [2.45, 2.75) is 65.2 Å². The number of hydrogen-bond donors (Lipinski definition) is 0. The van der Waals surface area contributed by atoms with Gasteiger partial charge in [-0.25, -0.2) is 0 Å². The molecule has 2 aromatic rings. The number of benzene rings is 2. The molecule has 0 saturated carbocycles. The highest BCUT2D eigenvalue weighted by Crippen LogP contribution is 2.27. The molecule has 0 aliphatic carbocycles. The number of unbranched alkanes of at least 4 members (excludes halogenated alkanes) is 4. The van der Waals surface area contributed by atoms with Crippen LogP contribution in [-0.2, 0) is 12.8 Å². The Morgan fingerprint density at radius 3 is 2.05 bits per heavy atom. The van der Waals surface area contributed by atoms with E-state index >= 15 is 0 Å². The first kappa shape index (κ1) is 16.8. The van der Waals surface area contributed by atoms with Crippen LogP contribution in [0, 0.1) is 0 Å². The van der Waals surface area contributed by atoms with E-state index in [-0.39, 0.29) is 0 Å². The fourth-order valence-corrected chi connectivity index (χ4v) is 3.03. The molecule has 0 aliphatic heterocycles. The molecule has 0 bridgehead atoms. The summed E-state index contributed by atoms with van der Waals surface area (Å²) in [5.74, 6) is 0. The van der Waals surface area contributed by atoms with Gasteiger partial charge in [-0.05, 0) is 47.9 Å². The van der Waals surface area contributed by atoms with Crippen molar-refractivity contribution in [1.29, 1.82) is 0 Å². The highest BCUT2D eigenvalue weighted by molar-refractivity contribution is 5.68. The van der Waals surface area contributed by atoms with Crippen LogP contribution in [0.2, 0.25) is 0 Å². The van der Waals surface area contributed by atoms with E-state index in [4.69, 9.17) is 0 Å². The molecule has 22 heavy (non-hydrogen) atoms. The molecule has 0 aromatic heterocycles. The van der Waals surface area contributed by atoms with Gasteiger partial charge in [0.25, 0.3) is 0 Å². The van der Waals surface area contributed by atoms with Gasteiger partial charge in [0.15, 0.2) is 0 Å². The molecule has 0 N–H and O–H groups in total. The van der Waals surface area contributed by atoms with E-state index in [0.717, 1.165) is 0 Å². The first-order valence-corrected chi connectivity index (χ1v) is 9.02. The molecule has 0 heterocycles. The van der Waals surface area contributed by atoms with E-state index in [9.17, 15) is 0 Å². The van der Waals surface area contributed by atoms with Gasteiger partial charge in [-0.2, -0.15) is 0 Å². The normalized spacial score (nSPS) is 10.8. The van der Waals surface area contributed by atoms with Crippen molar-refractivity contribution in [1.82, 2.24) is 0 Å². The lowest BCUT2D eigenvalue weighted by atomic mass is 9.92. The second-order valence-electron chi connectivity index (χ2n) is 6.27.